The zero-order valence-corrected chi connectivity index (χ0v) is 15.5. The van der Waals surface area contributed by atoms with Crippen molar-refractivity contribution in [3.63, 3.8) is 0 Å². The molecule has 2 heterocycles. The molecule has 2 saturated heterocycles. The van der Waals surface area contributed by atoms with Crippen LogP contribution in [0.2, 0.25) is 0 Å². The van der Waals surface area contributed by atoms with Gasteiger partial charge in [0.05, 0.1) is 38.4 Å². The first-order valence-electron chi connectivity index (χ1n) is 9.28. The fourth-order valence-corrected chi connectivity index (χ4v) is 3.37. The van der Waals surface area contributed by atoms with Crippen molar-refractivity contribution in [1.82, 2.24) is 15.5 Å². The van der Waals surface area contributed by atoms with E-state index in [9.17, 15) is 9.59 Å². The molecule has 0 aliphatic carbocycles. The van der Waals surface area contributed by atoms with E-state index in [1.165, 1.54) is 5.56 Å². The molecule has 0 spiro atoms. The average Bonchev–Trinajstić information content (AvgIpc) is 2.62. The molecule has 2 atom stereocenters. The minimum absolute atomic E-state index is 0.0279. The highest BCUT2D eigenvalue weighted by atomic mass is 16.5. The van der Waals surface area contributed by atoms with Gasteiger partial charge in [0, 0.05) is 18.8 Å². The van der Waals surface area contributed by atoms with E-state index in [1.54, 1.807) is 0 Å². The maximum atomic E-state index is 12.4. The summed E-state index contributed by atoms with van der Waals surface area (Å²) in [4.78, 5) is 26.7. The molecule has 26 heavy (non-hydrogen) atoms. The summed E-state index contributed by atoms with van der Waals surface area (Å²) >= 11 is 0. The Morgan fingerprint density at radius 1 is 1.35 bits per heavy atom. The van der Waals surface area contributed by atoms with Crippen molar-refractivity contribution >= 4 is 17.5 Å². The van der Waals surface area contributed by atoms with Crippen LogP contribution in [0.25, 0.3) is 0 Å². The Balaban J connectivity index is 1.56. The number of nitrogens with zero attached hydrogens (tertiary/aromatic N) is 1. The van der Waals surface area contributed by atoms with Crippen LogP contribution in [-0.2, 0) is 14.3 Å². The molecule has 1 aromatic rings. The number of carbonyl (C=O) groups is 2. The summed E-state index contributed by atoms with van der Waals surface area (Å²) in [5.41, 5.74) is 1.97. The Kier molecular flexibility index (Phi) is 6.24. The predicted octanol–water partition coefficient (Wildman–Crippen LogP) is 1.23. The third-order valence-electron chi connectivity index (χ3n) is 4.82. The maximum Gasteiger partial charge on any atom is 0.227 e. The summed E-state index contributed by atoms with van der Waals surface area (Å²) in [7, 11) is 0. The predicted molar refractivity (Wildman–Crippen MR) is 99.6 cm³/mol. The molecule has 2 fully saturated rings. The van der Waals surface area contributed by atoms with Crippen LogP contribution in [0.1, 0.15) is 38.2 Å². The van der Waals surface area contributed by atoms with Crippen LogP contribution in [0, 0.1) is 0 Å². The lowest BCUT2D eigenvalue weighted by Crippen LogP contribution is -2.63. The van der Waals surface area contributed by atoms with E-state index in [0.717, 1.165) is 18.8 Å². The van der Waals surface area contributed by atoms with Gasteiger partial charge in [0.25, 0.3) is 0 Å². The van der Waals surface area contributed by atoms with Crippen LogP contribution in [0.4, 0.5) is 5.69 Å². The van der Waals surface area contributed by atoms with Gasteiger partial charge in [-0.3, -0.25) is 19.8 Å². The number of nitrogens with one attached hydrogen (secondary N) is 3. The number of hydrogen-bond acceptors (Lipinski definition) is 5. The SMILES string of the molecule is CC(C)c1cccc(NC(=O)CC2NC(=O)CC(N3CCOCC3)N2)c1. The van der Waals surface area contributed by atoms with Crippen molar-refractivity contribution < 1.29 is 14.3 Å². The summed E-state index contributed by atoms with van der Waals surface area (Å²) in [6.45, 7) is 7.19. The number of carbonyl (C=O) groups excluding carboxylic acids is 2. The van der Waals surface area contributed by atoms with E-state index in [2.05, 4.69) is 40.8 Å². The molecule has 0 radical (unpaired) electrons. The van der Waals surface area contributed by atoms with Gasteiger partial charge in [-0.15, -0.1) is 0 Å². The Hall–Kier alpha value is -1.96. The Bertz CT molecular complexity index is 643. The van der Waals surface area contributed by atoms with Crippen molar-refractivity contribution in [1.29, 1.82) is 0 Å². The highest BCUT2D eigenvalue weighted by Crippen LogP contribution is 2.19. The molecular weight excluding hydrogens is 332 g/mol. The molecule has 3 N–H and O–H groups in total. The van der Waals surface area contributed by atoms with Gasteiger partial charge in [0.15, 0.2) is 0 Å². The zero-order valence-electron chi connectivity index (χ0n) is 15.5. The molecule has 7 nitrogen and oxygen atoms in total. The molecule has 2 amide bonds. The zero-order chi connectivity index (χ0) is 18.5. The van der Waals surface area contributed by atoms with Crippen molar-refractivity contribution in [3.05, 3.63) is 29.8 Å². The minimum atomic E-state index is -0.364. The van der Waals surface area contributed by atoms with Crippen LogP contribution in [0.15, 0.2) is 24.3 Å². The average molecular weight is 360 g/mol. The molecule has 0 saturated carbocycles. The molecule has 2 aliphatic heterocycles. The van der Waals surface area contributed by atoms with Gasteiger partial charge in [0.2, 0.25) is 11.8 Å². The van der Waals surface area contributed by atoms with E-state index in [4.69, 9.17) is 4.74 Å². The second-order valence-electron chi connectivity index (χ2n) is 7.19. The van der Waals surface area contributed by atoms with Crippen LogP contribution in [0.5, 0.6) is 0 Å². The molecule has 3 rings (SSSR count). The van der Waals surface area contributed by atoms with E-state index in [0.29, 0.717) is 25.6 Å². The fourth-order valence-electron chi connectivity index (χ4n) is 3.37. The molecule has 7 heteroatoms. The summed E-state index contributed by atoms with van der Waals surface area (Å²) in [5.74, 6) is 0.256. The van der Waals surface area contributed by atoms with Gasteiger partial charge in [-0.05, 0) is 23.6 Å². The maximum absolute atomic E-state index is 12.4. The summed E-state index contributed by atoms with van der Waals surface area (Å²) in [6.07, 6.45) is 0.180. The van der Waals surface area contributed by atoms with Gasteiger partial charge in [0.1, 0.15) is 0 Å². The Labute approximate surface area is 154 Å². The number of amides is 2. The standard InChI is InChI=1S/C19H28N4O3/c1-13(2)14-4-3-5-15(10-14)20-18(24)11-16-21-17(12-19(25)22-16)23-6-8-26-9-7-23/h3-5,10,13,16-17,21H,6-9,11-12H2,1-2H3,(H,20,24)(H,22,25). The second-order valence-corrected chi connectivity index (χ2v) is 7.19. The smallest absolute Gasteiger partial charge is 0.227 e. The second kappa shape index (κ2) is 8.62. The summed E-state index contributed by atoms with van der Waals surface area (Å²) in [6, 6.07) is 7.87. The molecule has 2 unspecified atom stereocenters. The van der Waals surface area contributed by atoms with Crippen molar-refractivity contribution in [3.8, 4) is 0 Å². The lowest BCUT2D eigenvalue weighted by atomic mass is 10.0. The number of ether oxygens (including phenoxy) is 1. The van der Waals surface area contributed by atoms with E-state index in [-0.39, 0.29) is 30.6 Å². The number of hydrogen-bond donors (Lipinski definition) is 3. The summed E-state index contributed by atoms with van der Waals surface area (Å²) < 4.78 is 5.37. The monoisotopic (exact) mass is 360 g/mol. The Morgan fingerprint density at radius 3 is 2.85 bits per heavy atom. The first-order valence-corrected chi connectivity index (χ1v) is 9.28. The van der Waals surface area contributed by atoms with Crippen LogP contribution >= 0.6 is 0 Å². The minimum Gasteiger partial charge on any atom is -0.379 e. The molecule has 2 aliphatic rings. The van der Waals surface area contributed by atoms with Crippen molar-refractivity contribution in [2.45, 2.75) is 44.9 Å². The molecule has 142 valence electrons. The fraction of sp³-hybridized carbons (Fsp3) is 0.579. The highest BCUT2D eigenvalue weighted by Gasteiger charge is 2.31. The van der Waals surface area contributed by atoms with Crippen molar-refractivity contribution in [2.24, 2.45) is 0 Å². The number of rotatable bonds is 5. The highest BCUT2D eigenvalue weighted by molar-refractivity contribution is 5.91. The number of benzene rings is 1. The van der Waals surface area contributed by atoms with Gasteiger partial charge in [-0.25, -0.2) is 0 Å². The molecular formula is C19H28N4O3. The number of morpholine rings is 1. The lowest BCUT2D eigenvalue weighted by molar-refractivity contribution is -0.128. The van der Waals surface area contributed by atoms with E-state index in [1.807, 2.05) is 18.2 Å². The quantitative estimate of drug-likeness (QED) is 0.736. The number of anilines is 1. The normalized spacial score (nSPS) is 24.3. The Morgan fingerprint density at radius 2 is 2.12 bits per heavy atom. The third kappa shape index (κ3) is 5.03. The van der Waals surface area contributed by atoms with Gasteiger partial charge >= 0.3 is 0 Å². The third-order valence-corrected chi connectivity index (χ3v) is 4.82. The van der Waals surface area contributed by atoms with Crippen LogP contribution in [-0.4, -0.2) is 55.3 Å². The molecule has 0 aromatic heterocycles. The summed E-state index contributed by atoms with van der Waals surface area (Å²) in [5, 5.41) is 9.17. The van der Waals surface area contributed by atoms with Crippen LogP contribution in [0.3, 0.4) is 0 Å². The van der Waals surface area contributed by atoms with Crippen molar-refractivity contribution in [2.75, 3.05) is 31.6 Å². The molecule has 0 bridgehead atoms. The van der Waals surface area contributed by atoms with E-state index < -0.39 is 0 Å². The van der Waals surface area contributed by atoms with Gasteiger partial charge < -0.3 is 15.4 Å². The topological polar surface area (TPSA) is 82.7 Å². The van der Waals surface area contributed by atoms with Crippen LogP contribution < -0.4 is 16.0 Å². The van der Waals surface area contributed by atoms with E-state index >= 15 is 0 Å². The van der Waals surface area contributed by atoms with Gasteiger partial charge in [-0.2, -0.15) is 0 Å². The van der Waals surface area contributed by atoms with Gasteiger partial charge in [-0.1, -0.05) is 26.0 Å². The first-order chi connectivity index (χ1) is 12.5. The first kappa shape index (κ1) is 18.8. The lowest BCUT2D eigenvalue weighted by Gasteiger charge is -2.40. The molecule has 1 aromatic carbocycles. The largest absolute Gasteiger partial charge is 0.379 e.